The highest BCUT2D eigenvalue weighted by molar-refractivity contribution is 6.04. The molecular formula is C25H26FN5O5. The number of carbonyl (C=O) groups is 1. The Bertz CT molecular complexity index is 1340. The average Bonchev–Trinajstić information content (AvgIpc) is 3.31. The number of methoxy groups -OCH3 is 2. The molecule has 4 aromatic rings. The van der Waals surface area contributed by atoms with Crippen LogP contribution in [0.1, 0.15) is 23.8 Å². The van der Waals surface area contributed by atoms with E-state index in [0.717, 1.165) is 11.8 Å². The molecule has 0 saturated carbocycles. The number of nitrogens with one attached hydrogen (secondary N) is 1. The second-order valence-electron chi connectivity index (χ2n) is 7.61. The van der Waals surface area contributed by atoms with Crippen molar-refractivity contribution in [1.82, 2.24) is 19.7 Å². The highest BCUT2D eigenvalue weighted by atomic mass is 19.1. The van der Waals surface area contributed by atoms with Crippen LogP contribution in [0.5, 0.6) is 28.7 Å². The number of aryl methyl sites for hydroxylation is 1. The number of anilines is 1. The average molecular weight is 496 g/mol. The first-order valence-electron chi connectivity index (χ1n) is 11.3. The van der Waals surface area contributed by atoms with E-state index in [1.165, 1.54) is 6.20 Å². The summed E-state index contributed by atoms with van der Waals surface area (Å²) in [6.07, 6.45) is 5.52. The minimum atomic E-state index is -0.671. The number of amides is 1. The summed E-state index contributed by atoms with van der Waals surface area (Å²) in [7, 11) is 3.12. The molecule has 0 bridgehead atoms. The van der Waals surface area contributed by atoms with E-state index in [1.807, 2.05) is 6.92 Å². The predicted molar refractivity (Wildman–Crippen MR) is 131 cm³/mol. The van der Waals surface area contributed by atoms with Crippen LogP contribution in [-0.4, -0.2) is 53.2 Å². The highest BCUT2D eigenvalue weighted by Gasteiger charge is 2.19. The maximum absolute atomic E-state index is 12.8. The zero-order chi connectivity index (χ0) is 25.5. The van der Waals surface area contributed by atoms with Gasteiger partial charge < -0.3 is 24.3 Å². The van der Waals surface area contributed by atoms with Gasteiger partial charge in [-0.25, -0.2) is 9.37 Å². The highest BCUT2D eigenvalue weighted by Crippen LogP contribution is 2.36. The Morgan fingerprint density at radius 2 is 1.86 bits per heavy atom. The monoisotopic (exact) mass is 495 g/mol. The Balaban J connectivity index is 1.50. The quantitative estimate of drug-likeness (QED) is 0.320. The van der Waals surface area contributed by atoms with Gasteiger partial charge in [0.25, 0.3) is 5.91 Å². The molecule has 0 spiro atoms. The number of ether oxygens (including phenoxy) is 4. The second kappa shape index (κ2) is 11.3. The maximum Gasteiger partial charge on any atom is 0.281 e. The number of rotatable bonds is 11. The predicted octanol–water partition coefficient (Wildman–Crippen LogP) is 4.65. The van der Waals surface area contributed by atoms with Gasteiger partial charge in [0.1, 0.15) is 30.6 Å². The SMILES string of the molecule is CCCn1cc(OCCF)c(C(=O)Nc2ccc(Oc3ccnc4cc(OC)c(OC)cc34)cn2)n1. The molecule has 0 atom stereocenters. The number of hydrogen-bond donors (Lipinski definition) is 1. The summed E-state index contributed by atoms with van der Waals surface area (Å²) in [6, 6.07) is 8.57. The molecule has 0 radical (unpaired) electrons. The van der Waals surface area contributed by atoms with Crippen LogP contribution in [0.4, 0.5) is 10.2 Å². The van der Waals surface area contributed by atoms with Crippen molar-refractivity contribution in [3.05, 3.63) is 54.6 Å². The molecular weight excluding hydrogens is 469 g/mol. The summed E-state index contributed by atoms with van der Waals surface area (Å²) in [4.78, 5) is 21.4. The molecule has 188 valence electrons. The van der Waals surface area contributed by atoms with Crippen LogP contribution in [0, 0.1) is 0 Å². The van der Waals surface area contributed by atoms with Gasteiger partial charge in [-0.2, -0.15) is 5.10 Å². The molecule has 0 unspecified atom stereocenters. The van der Waals surface area contributed by atoms with Gasteiger partial charge in [-0.15, -0.1) is 0 Å². The summed E-state index contributed by atoms with van der Waals surface area (Å²) < 4.78 is 36.3. The van der Waals surface area contributed by atoms with Crippen molar-refractivity contribution in [3.63, 3.8) is 0 Å². The number of fused-ring (bicyclic) bond motifs is 1. The first kappa shape index (κ1) is 24.7. The number of benzene rings is 1. The fraction of sp³-hybridized carbons (Fsp3) is 0.280. The van der Waals surface area contributed by atoms with Crippen molar-refractivity contribution >= 4 is 22.6 Å². The molecule has 0 fully saturated rings. The van der Waals surface area contributed by atoms with Crippen LogP contribution >= 0.6 is 0 Å². The number of nitrogens with zero attached hydrogens (tertiary/aromatic N) is 4. The molecule has 1 aromatic carbocycles. The standard InChI is InChI=1S/C25H26FN5O5/c1-4-10-31-15-22(35-11-8-26)24(30-31)25(32)29-23-6-5-16(14-28-23)36-19-7-9-27-18-13-21(34-3)20(33-2)12-17(18)19/h5-7,9,12-15H,4,8,10-11H2,1-3H3,(H,28,29,32). The zero-order valence-corrected chi connectivity index (χ0v) is 20.2. The van der Waals surface area contributed by atoms with Gasteiger partial charge >= 0.3 is 0 Å². The van der Waals surface area contributed by atoms with Crippen molar-refractivity contribution in [2.75, 3.05) is 32.8 Å². The molecule has 10 nitrogen and oxygen atoms in total. The van der Waals surface area contributed by atoms with E-state index in [9.17, 15) is 9.18 Å². The molecule has 36 heavy (non-hydrogen) atoms. The molecule has 0 aliphatic rings. The Hall–Kier alpha value is -4.41. The van der Waals surface area contributed by atoms with E-state index in [1.54, 1.807) is 61.6 Å². The summed E-state index contributed by atoms with van der Waals surface area (Å²) in [6.45, 7) is 1.76. The molecule has 1 amide bonds. The van der Waals surface area contributed by atoms with Crippen LogP contribution in [0.3, 0.4) is 0 Å². The Kier molecular flexibility index (Phi) is 7.79. The van der Waals surface area contributed by atoms with Crippen molar-refractivity contribution < 1.29 is 28.1 Å². The summed E-state index contributed by atoms with van der Waals surface area (Å²) >= 11 is 0. The first-order chi connectivity index (χ1) is 17.6. The van der Waals surface area contributed by atoms with E-state index >= 15 is 0 Å². The molecule has 3 aromatic heterocycles. The van der Waals surface area contributed by atoms with Crippen LogP contribution < -0.4 is 24.3 Å². The molecule has 11 heteroatoms. The lowest BCUT2D eigenvalue weighted by molar-refractivity contribution is 0.101. The van der Waals surface area contributed by atoms with Gasteiger partial charge in [-0.05, 0) is 30.7 Å². The van der Waals surface area contributed by atoms with Crippen molar-refractivity contribution in [2.45, 2.75) is 19.9 Å². The summed E-state index contributed by atoms with van der Waals surface area (Å²) in [5.41, 5.74) is 0.738. The summed E-state index contributed by atoms with van der Waals surface area (Å²) in [5.74, 6) is 2.12. The molecule has 1 N–H and O–H groups in total. The zero-order valence-electron chi connectivity index (χ0n) is 20.2. The Morgan fingerprint density at radius 3 is 2.56 bits per heavy atom. The molecule has 4 rings (SSSR count). The lowest BCUT2D eigenvalue weighted by Crippen LogP contribution is -2.15. The topological polar surface area (TPSA) is 110 Å². The molecule has 0 saturated heterocycles. The van der Waals surface area contributed by atoms with Crippen molar-refractivity contribution in [3.8, 4) is 28.7 Å². The normalized spacial score (nSPS) is 10.8. The van der Waals surface area contributed by atoms with Crippen molar-refractivity contribution in [2.24, 2.45) is 0 Å². The van der Waals surface area contributed by atoms with Gasteiger partial charge in [0, 0.05) is 24.2 Å². The van der Waals surface area contributed by atoms with Gasteiger partial charge in [0.15, 0.2) is 22.9 Å². The fourth-order valence-corrected chi connectivity index (χ4v) is 3.51. The number of halogens is 1. The van der Waals surface area contributed by atoms with Gasteiger partial charge in [-0.1, -0.05) is 6.92 Å². The number of aromatic nitrogens is 4. The molecule has 3 heterocycles. The van der Waals surface area contributed by atoms with E-state index in [4.69, 9.17) is 18.9 Å². The molecule has 0 aliphatic carbocycles. The first-order valence-corrected chi connectivity index (χ1v) is 11.3. The lowest BCUT2D eigenvalue weighted by atomic mass is 10.2. The van der Waals surface area contributed by atoms with E-state index in [2.05, 4.69) is 20.4 Å². The van der Waals surface area contributed by atoms with Gasteiger partial charge in [0.05, 0.1) is 32.1 Å². The fourth-order valence-electron chi connectivity index (χ4n) is 3.51. The van der Waals surface area contributed by atoms with Crippen LogP contribution in [0.15, 0.2) is 48.9 Å². The van der Waals surface area contributed by atoms with E-state index in [-0.39, 0.29) is 18.1 Å². The largest absolute Gasteiger partial charge is 0.493 e. The van der Waals surface area contributed by atoms with Crippen LogP contribution in [0.25, 0.3) is 10.9 Å². The smallest absolute Gasteiger partial charge is 0.281 e. The number of alkyl halides is 1. The third-order valence-corrected chi connectivity index (χ3v) is 5.14. The van der Waals surface area contributed by atoms with Gasteiger partial charge in [0.2, 0.25) is 0 Å². The third kappa shape index (κ3) is 5.45. The minimum absolute atomic E-state index is 0.0617. The van der Waals surface area contributed by atoms with E-state index in [0.29, 0.717) is 40.9 Å². The minimum Gasteiger partial charge on any atom is -0.493 e. The van der Waals surface area contributed by atoms with Crippen molar-refractivity contribution in [1.29, 1.82) is 0 Å². The third-order valence-electron chi connectivity index (χ3n) is 5.14. The number of carbonyl (C=O) groups excluding carboxylic acids is 1. The number of pyridine rings is 2. The van der Waals surface area contributed by atoms with Crippen LogP contribution in [-0.2, 0) is 6.54 Å². The van der Waals surface area contributed by atoms with E-state index < -0.39 is 12.6 Å². The second-order valence-corrected chi connectivity index (χ2v) is 7.61. The van der Waals surface area contributed by atoms with Crippen LogP contribution in [0.2, 0.25) is 0 Å². The van der Waals surface area contributed by atoms with Gasteiger partial charge in [-0.3, -0.25) is 14.5 Å². The lowest BCUT2D eigenvalue weighted by Gasteiger charge is -2.12. The Labute approximate surface area is 207 Å². The Morgan fingerprint density at radius 1 is 1.06 bits per heavy atom. The molecule has 0 aliphatic heterocycles. The number of hydrogen-bond acceptors (Lipinski definition) is 8. The maximum atomic E-state index is 12.8. The summed E-state index contributed by atoms with van der Waals surface area (Å²) in [5, 5.41) is 7.67.